The average Bonchev–Trinajstić information content (AvgIpc) is 3.41. The first-order valence-corrected chi connectivity index (χ1v) is 8.87. The Hall–Kier alpha value is -2.40. The smallest absolute Gasteiger partial charge is 0.242 e. The number of halogens is 1. The van der Waals surface area contributed by atoms with Crippen LogP contribution in [0.1, 0.15) is 35.6 Å². The Labute approximate surface area is 154 Å². The summed E-state index contributed by atoms with van der Waals surface area (Å²) in [6.45, 7) is 2.57. The van der Waals surface area contributed by atoms with Gasteiger partial charge in [0.15, 0.2) is 0 Å². The molecule has 3 rings (SSSR count). The normalized spacial score (nSPS) is 15.0. The number of carbonyl (C=O) groups excluding carboxylic acids is 1. The maximum absolute atomic E-state index is 13.3. The van der Waals surface area contributed by atoms with Crippen LogP contribution in [0, 0.1) is 12.7 Å². The zero-order chi connectivity index (χ0) is 18.7. The van der Waals surface area contributed by atoms with Crippen LogP contribution in [0.2, 0.25) is 0 Å². The van der Waals surface area contributed by atoms with E-state index >= 15 is 0 Å². The number of carbonyl (C=O) groups is 1. The highest BCUT2D eigenvalue weighted by Gasteiger charge is 2.31. The molecule has 0 bridgehead atoms. The molecule has 1 fully saturated rings. The summed E-state index contributed by atoms with van der Waals surface area (Å²) in [5.74, 6) is 0.439. The summed E-state index contributed by atoms with van der Waals surface area (Å²) < 4.78 is 18.8. The van der Waals surface area contributed by atoms with E-state index in [4.69, 9.17) is 4.74 Å². The first-order chi connectivity index (χ1) is 12.5. The standard InChI is InChI=1S/C21H25FN2O2/c1-14-4-11-19(26-3)16(12-14)13-24(2)20(21(25)23-18-9-10-18)15-5-7-17(22)8-6-15/h4-8,11-12,18,20H,9-10,13H2,1-3H3,(H,23,25)/t20-/m0/s1. The molecule has 2 aromatic rings. The number of hydrogen-bond acceptors (Lipinski definition) is 3. The molecule has 1 N–H and O–H groups in total. The molecule has 0 saturated heterocycles. The fraction of sp³-hybridized carbons (Fsp3) is 0.381. The van der Waals surface area contributed by atoms with E-state index in [9.17, 15) is 9.18 Å². The van der Waals surface area contributed by atoms with Gasteiger partial charge in [0.1, 0.15) is 17.6 Å². The highest BCUT2D eigenvalue weighted by atomic mass is 19.1. The van der Waals surface area contributed by atoms with Crippen molar-refractivity contribution in [3.8, 4) is 5.75 Å². The van der Waals surface area contributed by atoms with Crippen molar-refractivity contribution in [3.05, 3.63) is 65.0 Å². The summed E-state index contributed by atoms with van der Waals surface area (Å²) >= 11 is 0. The molecule has 1 aliphatic rings. The minimum atomic E-state index is -0.485. The van der Waals surface area contributed by atoms with Crippen molar-refractivity contribution in [2.24, 2.45) is 0 Å². The van der Waals surface area contributed by atoms with E-state index in [1.165, 1.54) is 12.1 Å². The van der Waals surface area contributed by atoms with Gasteiger partial charge < -0.3 is 10.1 Å². The third kappa shape index (κ3) is 4.41. The second kappa shape index (κ2) is 7.87. The summed E-state index contributed by atoms with van der Waals surface area (Å²) in [6, 6.07) is 11.9. The van der Waals surface area contributed by atoms with Gasteiger partial charge in [0.05, 0.1) is 7.11 Å². The van der Waals surface area contributed by atoms with E-state index in [0.29, 0.717) is 6.54 Å². The van der Waals surface area contributed by atoms with E-state index in [1.807, 2.05) is 31.0 Å². The number of amides is 1. The highest BCUT2D eigenvalue weighted by molar-refractivity contribution is 5.83. The molecular formula is C21H25FN2O2. The summed E-state index contributed by atoms with van der Waals surface area (Å²) in [5.41, 5.74) is 2.93. The molecule has 4 nitrogen and oxygen atoms in total. The van der Waals surface area contributed by atoms with Gasteiger partial charge in [0.2, 0.25) is 5.91 Å². The molecule has 26 heavy (non-hydrogen) atoms. The summed E-state index contributed by atoms with van der Waals surface area (Å²) in [7, 11) is 3.55. The van der Waals surface area contributed by atoms with Crippen LogP contribution in [0.25, 0.3) is 0 Å². The molecule has 5 heteroatoms. The zero-order valence-corrected chi connectivity index (χ0v) is 15.5. The molecule has 1 atom stereocenters. The second-order valence-corrected chi connectivity index (χ2v) is 6.97. The largest absolute Gasteiger partial charge is 0.496 e. The lowest BCUT2D eigenvalue weighted by Crippen LogP contribution is -2.39. The van der Waals surface area contributed by atoms with Crippen molar-refractivity contribution < 1.29 is 13.9 Å². The summed E-state index contributed by atoms with van der Waals surface area (Å²) in [5, 5.41) is 3.07. The van der Waals surface area contributed by atoms with Gasteiger partial charge in [0.25, 0.3) is 0 Å². The summed E-state index contributed by atoms with van der Waals surface area (Å²) in [6.07, 6.45) is 2.05. The van der Waals surface area contributed by atoms with E-state index < -0.39 is 6.04 Å². The summed E-state index contributed by atoms with van der Waals surface area (Å²) in [4.78, 5) is 14.8. The Morgan fingerprint density at radius 2 is 1.96 bits per heavy atom. The van der Waals surface area contributed by atoms with Crippen LogP contribution >= 0.6 is 0 Å². The van der Waals surface area contributed by atoms with E-state index in [0.717, 1.165) is 35.3 Å². The molecule has 0 radical (unpaired) electrons. The monoisotopic (exact) mass is 356 g/mol. The van der Waals surface area contributed by atoms with Gasteiger partial charge in [-0.05, 0) is 50.6 Å². The van der Waals surface area contributed by atoms with Gasteiger partial charge in [-0.1, -0.05) is 29.8 Å². The van der Waals surface area contributed by atoms with Crippen LogP contribution in [0.3, 0.4) is 0 Å². The van der Waals surface area contributed by atoms with Gasteiger partial charge in [-0.25, -0.2) is 4.39 Å². The second-order valence-electron chi connectivity index (χ2n) is 6.97. The number of hydrogen-bond donors (Lipinski definition) is 1. The molecule has 0 aliphatic heterocycles. The third-order valence-electron chi connectivity index (χ3n) is 4.65. The fourth-order valence-corrected chi connectivity index (χ4v) is 3.15. The Bertz CT molecular complexity index is 772. The van der Waals surface area contributed by atoms with Gasteiger partial charge in [-0.15, -0.1) is 0 Å². The molecule has 0 aromatic heterocycles. The van der Waals surface area contributed by atoms with Crippen molar-refractivity contribution in [2.45, 2.75) is 38.4 Å². The fourth-order valence-electron chi connectivity index (χ4n) is 3.15. The molecular weight excluding hydrogens is 331 g/mol. The minimum Gasteiger partial charge on any atom is -0.496 e. The van der Waals surface area contributed by atoms with Crippen LogP contribution in [-0.2, 0) is 11.3 Å². The maximum atomic E-state index is 13.3. The lowest BCUT2D eigenvalue weighted by molar-refractivity contribution is -0.126. The molecule has 0 spiro atoms. The Morgan fingerprint density at radius 3 is 2.58 bits per heavy atom. The molecule has 1 amide bonds. The number of nitrogens with zero attached hydrogens (tertiary/aromatic N) is 1. The van der Waals surface area contributed by atoms with Crippen LogP contribution in [-0.4, -0.2) is 31.0 Å². The number of likely N-dealkylation sites (N-methyl/N-ethyl adjacent to an activating group) is 1. The van der Waals surface area contributed by atoms with Crippen LogP contribution < -0.4 is 10.1 Å². The van der Waals surface area contributed by atoms with Gasteiger partial charge in [-0.3, -0.25) is 9.69 Å². The van der Waals surface area contributed by atoms with Crippen molar-refractivity contribution in [2.75, 3.05) is 14.2 Å². The third-order valence-corrected chi connectivity index (χ3v) is 4.65. The van der Waals surface area contributed by atoms with Crippen molar-refractivity contribution in [1.29, 1.82) is 0 Å². The van der Waals surface area contributed by atoms with Crippen molar-refractivity contribution in [1.82, 2.24) is 10.2 Å². The van der Waals surface area contributed by atoms with Crippen molar-refractivity contribution in [3.63, 3.8) is 0 Å². The van der Waals surface area contributed by atoms with Gasteiger partial charge in [0, 0.05) is 18.2 Å². The van der Waals surface area contributed by atoms with Crippen LogP contribution in [0.15, 0.2) is 42.5 Å². The first-order valence-electron chi connectivity index (χ1n) is 8.87. The quantitative estimate of drug-likeness (QED) is 0.824. The number of rotatable bonds is 7. The number of nitrogens with one attached hydrogen (secondary N) is 1. The van der Waals surface area contributed by atoms with E-state index in [2.05, 4.69) is 11.4 Å². The number of benzene rings is 2. The molecule has 1 saturated carbocycles. The highest BCUT2D eigenvalue weighted by Crippen LogP contribution is 2.28. The van der Waals surface area contributed by atoms with E-state index in [-0.39, 0.29) is 17.8 Å². The molecule has 2 aromatic carbocycles. The number of methoxy groups -OCH3 is 1. The molecule has 0 unspecified atom stereocenters. The maximum Gasteiger partial charge on any atom is 0.242 e. The number of aryl methyl sites for hydroxylation is 1. The van der Waals surface area contributed by atoms with Crippen LogP contribution in [0.5, 0.6) is 5.75 Å². The van der Waals surface area contributed by atoms with Crippen LogP contribution in [0.4, 0.5) is 4.39 Å². The zero-order valence-electron chi connectivity index (χ0n) is 15.5. The topological polar surface area (TPSA) is 41.6 Å². The average molecular weight is 356 g/mol. The first kappa shape index (κ1) is 18.4. The predicted molar refractivity (Wildman–Crippen MR) is 99.5 cm³/mol. The van der Waals surface area contributed by atoms with Gasteiger partial charge >= 0.3 is 0 Å². The van der Waals surface area contributed by atoms with E-state index in [1.54, 1.807) is 19.2 Å². The minimum absolute atomic E-state index is 0.0479. The SMILES string of the molecule is COc1ccc(C)cc1CN(C)[C@H](C(=O)NC1CC1)c1ccc(F)cc1. The lowest BCUT2D eigenvalue weighted by atomic mass is 10.0. The van der Waals surface area contributed by atoms with Gasteiger partial charge in [-0.2, -0.15) is 0 Å². The Morgan fingerprint density at radius 1 is 1.27 bits per heavy atom. The Kier molecular flexibility index (Phi) is 5.57. The number of ether oxygens (including phenoxy) is 1. The predicted octanol–water partition coefficient (Wildman–Crippen LogP) is 3.59. The lowest BCUT2D eigenvalue weighted by Gasteiger charge is -2.28. The van der Waals surface area contributed by atoms with Crippen molar-refractivity contribution >= 4 is 5.91 Å². The molecule has 1 aliphatic carbocycles. The Balaban J connectivity index is 1.86. The molecule has 138 valence electrons. The molecule has 0 heterocycles.